The number of benzene rings is 5. The second-order valence-corrected chi connectivity index (χ2v) is 34.8. The third-order valence-corrected chi connectivity index (χ3v) is 23.9. The molecule has 125 heavy (non-hydrogen) atoms. The van der Waals surface area contributed by atoms with Crippen molar-refractivity contribution in [3.63, 3.8) is 0 Å². The molecular weight excluding hydrogens is 1620 g/mol. The number of carboxylic acids is 1. The molecule has 11 rings (SSSR count). The van der Waals surface area contributed by atoms with Gasteiger partial charge in [-0.2, -0.15) is 0 Å². The molecule has 2 heterocycles. The summed E-state index contributed by atoms with van der Waals surface area (Å²) in [5, 5.41) is 33.2. The van der Waals surface area contributed by atoms with Gasteiger partial charge in [0.25, 0.3) is 23.6 Å². The Bertz CT molecular complexity index is 4760. The molecule has 0 radical (unpaired) electrons. The number of likely N-dealkylation sites (tertiary alicyclic amines) is 2. The molecule has 2 saturated heterocycles. The molecule has 0 bridgehead atoms. The monoisotopic (exact) mass is 1730 g/mol. The molecule has 0 aromatic heterocycles. The molecule has 2 unspecified atom stereocenters. The maximum atomic E-state index is 14.9. The quantitative estimate of drug-likeness (QED) is 0.0183. The number of alkyl halides is 2. The van der Waals surface area contributed by atoms with E-state index in [9.17, 15) is 90.6 Å². The molecule has 4 aliphatic carbocycles. The van der Waals surface area contributed by atoms with Gasteiger partial charge < -0.3 is 82.9 Å². The second-order valence-electron chi connectivity index (χ2n) is 34.8. The number of ether oxygens (including phenoxy) is 2. The van der Waals surface area contributed by atoms with Gasteiger partial charge >= 0.3 is 12.1 Å². The average molecular weight is 1730 g/mol. The number of likely N-dealkylation sites (N-methyl/N-ethyl adjacent to an activating group) is 1. The Morgan fingerprint density at radius 3 is 1.62 bits per heavy atom. The molecule has 5 aromatic rings. The summed E-state index contributed by atoms with van der Waals surface area (Å²) in [5.74, 6) is -15.7. The molecule has 0 spiro atoms. The zero-order chi connectivity index (χ0) is 90.8. The number of carbonyl (C=O) groups excluding carboxylic acids is 15. The Labute approximate surface area is 723 Å². The van der Waals surface area contributed by atoms with Crippen molar-refractivity contribution in [1.29, 1.82) is 0 Å². The lowest BCUT2D eigenvalue weighted by Crippen LogP contribution is -2.60. The molecule has 6 aliphatic rings. The third kappa shape index (κ3) is 25.6. The van der Waals surface area contributed by atoms with Crippen LogP contribution in [0, 0.1) is 40.9 Å². The highest BCUT2D eigenvalue weighted by atomic mass is 19.3. The number of halogens is 2. The summed E-state index contributed by atoms with van der Waals surface area (Å²) in [4.78, 5) is 219. The van der Waals surface area contributed by atoms with Crippen LogP contribution < -0.4 is 58.3 Å². The second kappa shape index (κ2) is 42.2. The van der Waals surface area contributed by atoms with Gasteiger partial charge in [0.15, 0.2) is 0 Å². The SMILES string of the molecule is CCCC(NC(=O)[C@@H]1C[C@@H](CNC(=O)c2ccc(Oc3ccccc3)cc2)CN1C(=O)[C@@H](NC(=O)c1ccccc1C(=O)O)C1CCCCC1)C(=O)C(=O)NCC(=O)N[C@H](C(N)=O)c1ccccc1.CN(C)C(=O)[C@@H](NC(=O)CNC(=O)C(=O)C(CC1CC1)NC(=O)[C@@H]1[C@@H]2[C@H](CN1C(=O)[C@@H](NC(=O)OC(C)(C)C)C1CCC(F)(F)CC1)C2(C)C)c1ccccc1. The number of fused-ring (bicyclic) bond motifs is 1. The number of hydrogen-bond donors (Lipinski definition) is 11. The van der Waals surface area contributed by atoms with Gasteiger partial charge in [-0.3, -0.25) is 67.1 Å². The predicted molar refractivity (Wildman–Crippen MR) is 451 cm³/mol. The average Bonchev–Trinajstić information content (AvgIpc) is 1.52. The van der Waals surface area contributed by atoms with Crippen LogP contribution in [0.25, 0.3) is 0 Å². The minimum Gasteiger partial charge on any atom is -0.478 e. The zero-order valence-corrected chi connectivity index (χ0v) is 71.5. The number of Topliss-reactive ketones (excluding diaryl/α,β-unsaturated/α-hetero) is 2. The van der Waals surface area contributed by atoms with E-state index in [4.69, 9.17) is 15.2 Å². The van der Waals surface area contributed by atoms with Gasteiger partial charge in [0.1, 0.15) is 53.4 Å². The van der Waals surface area contributed by atoms with Crippen LogP contribution in [0.5, 0.6) is 11.5 Å². The van der Waals surface area contributed by atoms with E-state index in [1.807, 2.05) is 32.0 Å². The van der Waals surface area contributed by atoms with E-state index >= 15 is 0 Å². The highest BCUT2D eigenvalue weighted by Crippen LogP contribution is 2.65. The fourth-order valence-corrected chi connectivity index (χ4v) is 16.9. The van der Waals surface area contributed by atoms with Crippen LogP contribution in [0.4, 0.5) is 13.6 Å². The van der Waals surface area contributed by atoms with Crippen molar-refractivity contribution in [2.24, 2.45) is 46.7 Å². The van der Waals surface area contributed by atoms with Gasteiger partial charge in [0.05, 0.1) is 36.3 Å². The van der Waals surface area contributed by atoms with Gasteiger partial charge in [-0.25, -0.2) is 18.4 Å². The Morgan fingerprint density at radius 2 is 1.07 bits per heavy atom. The highest BCUT2D eigenvalue weighted by Gasteiger charge is 2.70. The van der Waals surface area contributed by atoms with Crippen LogP contribution in [0.2, 0.25) is 0 Å². The topological polar surface area (TPSA) is 456 Å². The smallest absolute Gasteiger partial charge is 0.408 e. The van der Waals surface area contributed by atoms with E-state index < -0.39 is 192 Å². The molecule has 13 amide bonds. The number of nitrogens with two attached hydrogens (primary N) is 1. The van der Waals surface area contributed by atoms with Crippen molar-refractivity contribution in [2.45, 2.75) is 198 Å². The van der Waals surface area contributed by atoms with Gasteiger partial charge in [-0.05, 0) is 166 Å². The van der Waals surface area contributed by atoms with Gasteiger partial charge in [-0.1, -0.05) is 150 Å². The number of nitrogens with one attached hydrogen (secondary N) is 9. The number of carbonyl (C=O) groups is 16. The predicted octanol–water partition coefficient (Wildman–Crippen LogP) is 6.92. The zero-order valence-electron chi connectivity index (χ0n) is 71.5. The number of hydrogen-bond acceptors (Lipinski definition) is 18. The molecule has 5 aromatic carbocycles. The van der Waals surface area contributed by atoms with E-state index in [0.717, 1.165) is 32.1 Å². The number of ketones is 2. The van der Waals surface area contributed by atoms with Crippen molar-refractivity contribution in [2.75, 3.05) is 46.8 Å². The van der Waals surface area contributed by atoms with E-state index in [2.05, 4.69) is 47.9 Å². The lowest BCUT2D eigenvalue weighted by Gasteiger charge is -2.38. The fraction of sp³-hybridized carbons (Fsp3) is 0.495. The summed E-state index contributed by atoms with van der Waals surface area (Å²) in [6.45, 7) is 9.53. The van der Waals surface area contributed by atoms with Crippen molar-refractivity contribution in [3.8, 4) is 11.5 Å². The number of alkyl carbamates (subject to hydrolysis) is 1. The van der Waals surface area contributed by atoms with Gasteiger partial charge in [-0.15, -0.1) is 0 Å². The Balaban J connectivity index is 0.000000267. The Hall–Kier alpha value is -12.5. The van der Waals surface area contributed by atoms with Crippen LogP contribution >= 0.6 is 0 Å². The maximum absolute atomic E-state index is 14.9. The molecule has 4 saturated carbocycles. The summed E-state index contributed by atoms with van der Waals surface area (Å²) in [7, 11) is 3.09. The largest absolute Gasteiger partial charge is 0.478 e. The number of amides is 13. The molecule has 2 aliphatic heterocycles. The van der Waals surface area contributed by atoms with E-state index in [1.165, 1.54) is 39.0 Å². The van der Waals surface area contributed by atoms with Crippen LogP contribution in [0.3, 0.4) is 0 Å². The van der Waals surface area contributed by atoms with E-state index in [0.29, 0.717) is 47.5 Å². The van der Waals surface area contributed by atoms with Gasteiger partial charge in [0, 0.05) is 52.1 Å². The van der Waals surface area contributed by atoms with E-state index in [1.54, 1.807) is 139 Å². The van der Waals surface area contributed by atoms with Crippen molar-refractivity contribution in [1.82, 2.24) is 62.6 Å². The Morgan fingerprint density at radius 1 is 0.560 bits per heavy atom. The third-order valence-electron chi connectivity index (χ3n) is 23.9. The molecule has 12 N–H and O–H groups in total. The summed E-state index contributed by atoms with van der Waals surface area (Å²) >= 11 is 0. The van der Waals surface area contributed by atoms with Gasteiger partial charge in [0.2, 0.25) is 64.7 Å². The Kier molecular flexibility index (Phi) is 32.0. The summed E-state index contributed by atoms with van der Waals surface area (Å²) < 4.78 is 39.6. The lowest BCUT2D eigenvalue weighted by molar-refractivity contribution is -0.145. The number of piperidine rings is 1. The van der Waals surface area contributed by atoms with Crippen LogP contribution in [0.1, 0.15) is 192 Å². The van der Waals surface area contributed by atoms with Crippen molar-refractivity contribution < 1.29 is 100 Å². The first-order chi connectivity index (χ1) is 59.3. The minimum atomic E-state index is -2.88. The molecular formula is C91H113F2N13O19. The lowest BCUT2D eigenvalue weighted by atomic mass is 9.81. The molecule has 670 valence electrons. The summed E-state index contributed by atoms with van der Waals surface area (Å²) in [5.41, 5.74) is 5.15. The number of para-hydroxylation sites is 1. The first-order valence-corrected chi connectivity index (χ1v) is 42.5. The van der Waals surface area contributed by atoms with Crippen LogP contribution in [0.15, 0.2) is 140 Å². The number of rotatable bonds is 35. The fourth-order valence-electron chi connectivity index (χ4n) is 16.9. The normalized spacial score (nSPS) is 20.1. The summed E-state index contributed by atoms with van der Waals surface area (Å²) in [6, 6.07) is 28.5. The van der Waals surface area contributed by atoms with E-state index in [-0.39, 0.29) is 92.0 Å². The maximum Gasteiger partial charge on any atom is 0.408 e. The molecule has 6 fully saturated rings. The number of aromatic carboxylic acids is 1. The standard InChI is InChI=1S/C51H57N7O11.C40H56F2N6O8/c1-2-14-39(44(60)49(65)54-29-41(59)56-42(45(52)61)32-15-6-3-7-16-32)55-48(64)40-27-31(28-53-46(62)34-23-25-36(26-24-34)69-35-19-10-5-11-20-35)30-58(40)50(66)43(33-17-8-4-9-18-33)57-47(63)37-21-12-13-22-38(37)51(67)68;1-38(2,3)56-37(55)46-30(24-15-17-40(41,42)18-16-24)36(54)48-21-25-28(39(25,4)5)31(48)33(51)44-26(19-22-13-14-22)32(50)34(52)43-20-27(49)45-29(35(53)47(6)7)23-11-9-8-10-12-23/h3,5-7,10-13,15-16,19-26,31,33,39-40,42-43H,2,4,8-9,14,17-18,27-30H2,1H3,(H2,52,61)(H,53,62)(H,54,65)(H,55,64)(H,56,59)(H,57,63)(H,67,68);8-12,22,24-26,28-31H,13-21H2,1-7H3,(H,43,52)(H,44,51)(H,45,49)(H,46,55)/t31-,39?,40-,42-,43-;25-,26?,28-,29-,30-,31-/m00/s1. The molecule has 32 nitrogen and oxygen atoms in total. The molecule has 11 atom stereocenters. The van der Waals surface area contributed by atoms with Crippen molar-refractivity contribution in [3.05, 3.63) is 167 Å². The first-order valence-electron chi connectivity index (χ1n) is 42.5. The minimum absolute atomic E-state index is 0.0149. The van der Waals surface area contributed by atoms with Crippen molar-refractivity contribution >= 4 is 94.5 Å². The first kappa shape index (κ1) is 94.7. The summed E-state index contributed by atoms with van der Waals surface area (Å²) in [6.07, 6.45) is 3.96. The highest BCUT2D eigenvalue weighted by molar-refractivity contribution is 6.39. The molecule has 34 heteroatoms. The number of nitrogens with zero attached hydrogens (tertiary/aromatic N) is 3. The number of primary amides is 1. The van der Waals surface area contributed by atoms with Crippen LogP contribution in [-0.4, -0.2) is 209 Å². The number of carboxylic acid groups (broad SMARTS) is 1. The van der Waals surface area contributed by atoms with Crippen LogP contribution in [-0.2, 0) is 62.3 Å².